The van der Waals surface area contributed by atoms with E-state index < -0.39 is 10.0 Å². The Balaban J connectivity index is 1.54. The number of rotatable bonds is 3. The SMILES string of the molecule is Cc1ccc(S(=O)(=O)N2CCCN(c3nc4cccnc4s3)CC2)cc1C. The molecule has 1 saturated heterocycles. The van der Waals surface area contributed by atoms with Crippen molar-refractivity contribution < 1.29 is 8.42 Å². The molecule has 0 unspecified atom stereocenters. The Bertz CT molecular complexity index is 1050. The minimum atomic E-state index is -3.48. The first-order valence-corrected chi connectivity index (χ1v) is 11.2. The number of pyridine rings is 1. The Morgan fingerprint density at radius 2 is 1.89 bits per heavy atom. The molecule has 0 radical (unpaired) electrons. The van der Waals surface area contributed by atoms with Crippen LogP contribution in [0.25, 0.3) is 10.3 Å². The zero-order chi connectivity index (χ0) is 19.0. The van der Waals surface area contributed by atoms with Crippen molar-refractivity contribution in [2.75, 3.05) is 31.1 Å². The van der Waals surface area contributed by atoms with Gasteiger partial charge in [-0.3, -0.25) is 0 Å². The van der Waals surface area contributed by atoms with Gasteiger partial charge in [0.1, 0.15) is 10.3 Å². The molecule has 0 spiro atoms. The maximum atomic E-state index is 13.1. The standard InChI is InChI=1S/C19H22N4O2S2/c1-14-6-7-16(13-15(14)2)27(24,25)23-10-4-9-22(11-12-23)19-21-17-5-3-8-20-18(17)26-19/h3,5-8,13H,4,9-12H2,1-2H3. The van der Waals surface area contributed by atoms with Gasteiger partial charge in [0.15, 0.2) is 5.13 Å². The summed E-state index contributed by atoms with van der Waals surface area (Å²) >= 11 is 1.56. The molecule has 0 bridgehead atoms. The number of benzene rings is 1. The Kier molecular flexibility index (Phi) is 4.88. The molecule has 1 aromatic carbocycles. The Morgan fingerprint density at radius 3 is 2.67 bits per heavy atom. The fourth-order valence-corrected chi connectivity index (χ4v) is 5.76. The van der Waals surface area contributed by atoms with Gasteiger partial charge >= 0.3 is 0 Å². The molecule has 3 aromatic rings. The quantitative estimate of drug-likeness (QED) is 0.673. The van der Waals surface area contributed by atoms with Crippen LogP contribution in [0.4, 0.5) is 5.13 Å². The number of sulfonamides is 1. The van der Waals surface area contributed by atoms with Crippen molar-refractivity contribution in [3.05, 3.63) is 47.7 Å². The van der Waals surface area contributed by atoms with Crippen LogP contribution < -0.4 is 4.90 Å². The number of anilines is 1. The lowest BCUT2D eigenvalue weighted by Crippen LogP contribution is -2.35. The van der Waals surface area contributed by atoms with Crippen LogP contribution in [0.15, 0.2) is 41.4 Å². The molecule has 27 heavy (non-hydrogen) atoms. The van der Waals surface area contributed by atoms with Crippen molar-refractivity contribution in [2.24, 2.45) is 0 Å². The van der Waals surface area contributed by atoms with E-state index in [1.807, 2.05) is 32.0 Å². The molecule has 6 nitrogen and oxygen atoms in total. The van der Waals surface area contributed by atoms with E-state index in [0.29, 0.717) is 24.5 Å². The number of hydrogen-bond donors (Lipinski definition) is 0. The van der Waals surface area contributed by atoms with Crippen molar-refractivity contribution in [1.29, 1.82) is 0 Å². The van der Waals surface area contributed by atoms with Crippen LogP contribution in [0.3, 0.4) is 0 Å². The minimum absolute atomic E-state index is 0.378. The van der Waals surface area contributed by atoms with Gasteiger partial charge in [-0.1, -0.05) is 17.4 Å². The predicted molar refractivity (Wildman–Crippen MR) is 109 cm³/mol. The first-order valence-electron chi connectivity index (χ1n) is 8.99. The van der Waals surface area contributed by atoms with E-state index in [-0.39, 0.29) is 0 Å². The molecule has 1 aliphatic heterocycles. The summed E-state index contributed by atoms with van der Waals surface area (Å²) in [4.78, 5) is 12.5. The summed E-state index contributed by atoms with van der Waals surface area (Å²) in [6, 6.07) is 9.19. The second kappa shape index (κ2) is 7.18. The molecule has 1 aliphatic rings. The normalized spacial score (nSPS) is 16.6. The highest BCUT2D eigenvalue weighted by Gasteiger charge is 2.28. The third-order valence-corrected chi connectivity index (χ3v) is 7.93. The van der Waals surface area contributed by atoms with Crippen molar-refractivity contribution in [3.63, 3.8) is 0 Å². The van der Waals surface area contributed by atoms with Crippen molar-refractivity contribution in [1.82, 2.24) is 14.3 Å². The average Bonchev–Trinajstić information content (AvgIpc) is 2.92. The lowest BCUT2D eigenvalue weighted by Gasteiger charge is -2.21. The number of nitrogens with zero attached hydrogens (tertiary/aromatic N) is 4. The van der Waals surface area contributed by atoms with Crippen LogP contribution >= 0.6 is 11.3 Å². The molecule has 3 heterocycles. The molecule has 0 N–H and O–H groups in total. The molecular formula is C19H22N4O2S2. The molecule has 0 aliphatic carbocycles. The molecule has 0 atom stereocenters. The minimum Gasteiger partial charge on any atom is -0.347 e. The fourth-order valence-electron chi connectivity index (χ4n) is 3.24. The number of fused-ring (bicyclic) bond motifs is 1. The Hall–Kier alpha value is -2.03. The summed E-state index contributed by atoms with van der Waals surface area (Å²) in [5, 5.41) is 0.911. The molecule has 0 amide bonds. The maximum absolute atomic E-state index is 13.1. The monoisotopic (exact) mass is 402 g/mol. The molecule has 142 valence electrons. The van der Waals surface area contributed by atoms with Gasteiger partial charge in [-0.15, -0.1) is 0 Å². The Labute approximate surface area is 163 Å². The summed E-state index contributed by atoms with van der Waals surface area (Å²) in [5.41, 5.74) is 2.98. The largest absolute Gasteiger partial charge is 0.347 e. The zero-order valence-corrected chi connectivity index (χ0v) is 17.1. The first kappa shape index (κ1) is 18.3. The van der Waals surface area contributed by atoms with Gasteiger partial charge in [-0.2, -0.15) is 4.31 Å². The first-order chi connectivity index (χ1) is 12.9. The lowest BCUT2D eigenvalue weighted by atomic mass is 10.1. The molecule has 4 rings (SSSR count). The smallest absolute Gasteiger partial charge is 0.243 e. The Morgan fingerprint density at radius 1 is 1.04 bits per heavy atom. The predicted octanol–water partition coefficient (Wildman–Crippen LogP) is 3.21. The molecule has 8 heteroatoms. The second-order valence-electron chi connectivity index (χ2n) is 6.81. The highest BCUT2D eigenvalue weighted by Crippen LogP contribution is 2.28. The lowest BCUT2D eigenvalue weighted by molar-refractivity contribution is 0.433. The second-order valence-corrected chi connectivity index (χ2v) is 9.71. The van der Waals surface area contributed by atoms with Crippen molar-refractivity contribution in [3.8, 4) is 0 Å². The van der Waals surface area contributed by atoms with E-state index in [2.05, 4.69) is 14.9 Å². The van der Waals surface area contributed by atoms with Crippen molar-refractivity contribution in [2.45, 2.75) is 25.2 Å². The van der Waals surface area contributed by atoms with Gasteiger partial charge < -0.3 is 4.90 Å². The van der Waals surface area contributed by atoms with Crippen molar-refractivity contribution >= 4 is 36.8 Å². The van der Waals surface area contributed by atoms with E-state index in [0.717, 1.165) is 39.6 Å². The van der Waals surface area contributed by atoms with Crippen LogP contribution in [0.2, 0.25) is 0 Å². The van der Waals surface area contributed by atoms with Crippen LogP contribution in [0, 0.1) is 13.8 Å². The van der Waals surface area contributed by atoms with Gasteiger partial charge in [-0.05, 0) is 55.7 Å². The third kappa shape index (κ3) is 3.56. The number of aryl methyl sites for hydroxylation is 2. The van der Waals surface area contributed by atoms with E-state index in [1.54, 1.807) is 34.0 Å². The fraction of sp³-hybridized carbons (Fsp3) is 0.368. The third-order valence-electron chi connectivity index (χ3n) is 5.00. The van der Waals surface area contributed by atoms with E-state index >= 15 is 0 Å². The highest BCUT2D eigenvalue weighted by molar-refractivity contribution is 7.89. The molecule has 0 saturated carbocycles. The summed E-state index contributed by atoms with van der Waals surface area (Å²) in [6.07, 6.45) is 2.54. The van der Waals surface area contributed by atoms with Gasteiger partial charge in [-0.25, -0.2) is 18.4 Å². The van der Waals surface area contributed by atoms with Crippen LogP contribution in [0.1, 0.15) is 17.5 Å². The van der Waals surface area contributed by atoms with Gasteiger partial charge in [0.25, 0.3) is 0 Å². The van der Waals surface area contributed by atoms with Crippen LogP contribution in [0.5, 0.6) is 0 Å². The van der Waals surface area contributed by atoms with Gasteiger partial charge in [0.05, 0.1) is 4.90 Å². The van der Waals surface area contributed by atoms with E-state index in [9.17, 15) is 8.42 Å². The zero-order valence-electron chi connectivity index (χ0n) is 15.4. The van der Waals surface area contributed by atoms with Gasteiger partial charge in [0.2, 0.25) is 10.0 Å². The van der Waals surface area contributed by atoms with Crippen LogP contribution in [-0.4, -0.2) is 48.9 Å². The highest BCUT2D eigenvalue weighted by atomic mass is 32.2. The molecule has 2 aromatic heterocycles. The van der Waals surface area contributed by atoms with E-state index in [4.69, 9.17) is 0 Å². The number of aromatic nitrogens is 2. The summed E-state index contributed by atoms with van der Waals surface area (Å²) in [6.45, 7) is 6.33. The average molecular weight is 403 g/mol. The van der Waals surface area contributed by atoms with Gasteiger partial charge in [0, 0.05) is 32.4 Å². The summed E-state index contributed by atoms with van der Waals surface area (Å²) < 4.78 is 27.7. The number of hydrogen-bond acceptors (Lipinski definition) is 6. The number of thiazole rings is 1. The summed E-state index contributed by atoms with van der Waals surface area (Å²) in [7, 11) is -3.48. The van der Waals surface area contributed by atoms with E-state index in [1.165, 1.54) is 0 Å². The van der Waals surface area contributed by atoms with Crippen LogP contribution in [-0.2, 0) is 10.0 Å². The maximum Gasteiger partial charge on any atom is 0.243 e. The topological polar surface area (TPSA) is 66.4 Å². The molecule has 1 fully saturated rings. The molecular weight excluding hydrogens is 380 g/mol. The summed E-state index contributed by atoms with van der Waals surface area (Å²) in [5.74, 6) is 0.